The van der Waals surface area contributed by atoms with E-state index in [2.05, 4.69) is 26.1 Å². The van der Waals surface area contributed by atoms with Gasteiger partial charge in [0.25, 0.3) is 5.91 Å². The minimum Gasteiger partial charge on any atom is -0.481 e. The fourth-order valence-corrected chi connectivity index (χ4v) is 5.58. The van der Waals surface area contributed by atoms with Crippen LogP contribution in [0.2, 0.25) is 0 Å². The summed E-state index contributed by atoms with van der Waals surface area (Å²) in [4.78, 5) is 32.4. The van der Waals surface area contributed by atoms with E-state index in [1.54, 1.807) is 0 Å². The number of carbonyl (C=O) groups is 2. The van der Waals surface area contributed by atoms with Crippen LogP contribution in [0, 0.1) is 13.8 Å². The number of hydrogen-bond donors (Lipinski definition) is 2. The third-order valence-electron chi connectivity index (χ3n) is 7.14. The predicted octanol–water partition coefficient (Wildman–Crippen LogP) is 6.37. The van der Waals surface area contributed by atoms with Gasteiger partial charge in [0.05, 0.1) is 11.1 Å². The van der Waals surface area contributed by atoms with Crippen molar-refractivity contribution >= 4 is 44.5 Å². The summed E-state index contributed by atoms with van der Waals surface area (Å²) >= 11 is 3.56. The van der Waals surface area contributed by atoms with Gasteiger partial charge in [-0.15, -0.1) is 0 Å². The van der Waals surface area contributed by atoms with Gasteiger partial charge in [0.15, 0.2) is 0 Å². The van der Waals surface area contributed by atoms with E-state index in [-0.39, 0.29) is 18.2 Å². The van der Waals surface area contributed by atoms with Gasteiger partial charge in [0.1, 0.15) is 5.82 Å². The Morgan fingerprint density at radius 1 is 1.08 bits per heavy atom. The van der Waals surface area contributed by atoms with Crippen LogP contribution in [0.5, 0.6) is 0 Å². The molecule has 1 aliphatic heterocycles. The average Bonchev–Trinajstić information content (AvgIpc) is 3.13. The smallest absolute Gasteiger partial charge is 0.303 e. The number of nitrogens with zero attached hydrogens (tertiary/aromatic N) is 2. The number of anilines is 1. The lowest BCUT2D eigenvalue weighted by molar-refractivity contribution is -0.137. The Bertz CT molecular complexity index is 1250. The Hall–Kier alpha value is -2.93. The molecule has 3 aromatic rings. The molecular weight excluding hydrogens is 518 g/mol. The molecule has 6 nitrogen and oxygen atoms in total. The van der Waals surface area contributed by atoms with Gasteiger partial charge in [-0.25, -0.2) is 4.98 Å². The molecule has 0 aliphatic carbocycles. The molecule has 2 N–H and O–H groups in total. The van der Waals surface area contributed by atoms with Crippen LogP contribution >= 0.6 is 15.9 Å². The monoisotopic (exact) mass is 551 g/mol. The number of hydrogen-bond acceptors (Lipinski definition) is 4. The summed E-state index contributed by atoms with van der Waals surface area (Å²) < 4.78 is 0.895. The normalized spacial score (nSPS) is 14.9. The molecule has 7 heteroatoms. The van der Waals surface area contributed by atoms with Gasteiger partial charge in [0.2, 0.25) is 0 Å². The van der Waals surface area contributed by atoms with Crippen LogP contribution in [0.25, 0.3) is 10.9 Å². The second-order valence-corrected chi connectivity index (χ2v) is 10.6. The molecular formula is C29H34BrN3O3. The molecule has 1 aliphatic rings. The summed E-state index contributed by atoms with van der Waals surface area (Å²) in [5.41, 5.74) is 4.50. The van der Waals surface area contributed by atoms with Crippen molar-refractivity contribution < 1.29 is 14.7 Å². The Balaban J connectivity index is 1.67. The third-order valence-corrected chi connectivity index (χ3v) is 7.63. The minimum atomic E-state index is -0.831. The van der Waals surface area contributed by atoms with Gasteiger partial charge < -0.3 is 15.3 Å². The average molecular weight is 553 g/mol. The number of nitrogens with one attached hydrogen (secondary N) is 1. The molecule has 0 saturated carbocycles. The first-order valence-corrected chi connectivity index (χ1v) is 13.5. The largest absolute Gasteiger partial charge is 0.481 e. The van der Waals surface area contributed by atoms with E-state index in [1.165, 1.54) is 12.8 Å². The standard InChI is InChI=1S/C29H34BrN3O3/c1-19-9-5-6-10-23(19)21(11-14-26(34)35)18-31-29(36)27-20(2)28(33-15-7-3-4-8-16-33)32-25-13-12-22(30)17-24(25)27/h5-6,9-10,12-13,17,21H,3-4,7-8,11,14-16,18H2,1-2H3,(H,31,36)(H,34,35). The zero-order chi connectivity index (χ0) is 25.7. The van der Waals surface area contributed by atoms with Gasteiger partial charge >= 0.3 is 5.97 Å². The number of carbonyl (C=O) groups excluding carboxylic acids is 1. The molecule has 4 rings (SSSR count). The lowest BCUT2D eigenvalue weighted by Crippen LogP contribution is -2.31. The van der Waals surface area contributed by atoms with E-state index in [9.17, 15) is 14.7 Å². The summed E-state index contributed by atoms with van der Waals surface area (Å²) in [5.74, 6) is -0.180. The number of carboxylic acid groups (broad SMARTS) is 1. The number of aromatic nitrogens is 1. The Morgan fingerprint density at radius 3 is 2.50 bits per heavy atom. The molecule has 1 unspecified atom stereocenters. The molecule has 1 amide bonds. The van der Waals surface area contributed by atoms with E-state index >= 15 is 0 Å². The van der Waals surface area contributed by atoms with Crippen LogP contribution in [-0.2, 0) is 4.79 Å². The molecule has 1 atom stereocenters. The third kappa shape index (κ3) is 6.06. The van der Waals surface area contributed by atoms with Crippen LogP contribution in [0.4, 0.5) is 5.82 Å². The highest BCUT2D eigenvalue weighted by molar-refractivity contribution is 9.10. The van der Waals surface area contributed by atoms with Crippen molar-refractivity contribution in [2.24, 2.45) is 0 Å². The van der Waals surface area contributed by atoms with E-state index in [1.807, 2.05) is 56.3 Å². The zero-order valence-corrected chi connectivity index (χ0v) is 22.6. The highest BCUT2D eigenvalue weighted by Gasteiger charge is 2.24. The lowest BCUT2D eigenvalue weighted by Gasteiger charge is -2.26. The van der Waals surface area contributed by atoms with Gasteiger partial charge in [-0.2, -0.15) is 0 Å². The molecule has 0 bridgehead atoms. The first-order chi connectivity index (χ1) is 17.3. The zero-order valence-electron chi connectivity index (χ0n) is 21.0. The van der Waals surface area contributed by atoms with Crippen LogP contribution in [0.15, 0.2) is 46.9 Å². The molecule has 190 valence electrons. The summed E-state index contributed by atoms with van der Waals surface area (Å²) in [6.45, 7) is 6.28. The van der Waals surface area contributed by atoms with Crippen LogP contribution in [-0.4, -0.2) is 41.6 Å². The number of benzene rings is 2. The minimum absolute atomic E-state index is 0.0537. The maximum Gasteiger partial charge on any atom is 0.303 e. The van der Waals surface area contributed by atoms with Gasteiger partial charge in [-0.05, 0) is 62.4 Å². The van der Waals surface area contributed by atoms with Crippen molar-refractivity contribution in [2.45, 2.75) is 58.3 Å². The predicted molar refractivity (Wildman–Crippen MR) is 148 cm³/mol. The van der Waals surface area contributed by atoms with Gasteiger partial charge in [0, 0.05) is 47.4 Å². The number of pyridine rings is 1. The number of amides is 1. The maximum atomic E-state index is 13.8. The quantitative estimate of drug-likeness (QED) is 0.339. The molecule has 1 aromatic heterocycles. The maximum absolute atomic E-state index is 13.8. The summed E-state index contributed by atoms with van der Waals surface area (Å²) in [5, 5.41) is 13.3. The highest BCUT2D eigenvalue weighted by atomic mass is 79.9. The summed E-state index contributed by atoms with van der Waals surface area (Å²) in [7, 11) is 0. The fraction of sp³-hybridized carbons (Fsp3) is 0.414. The second-order valence-electron chi connectivity index (χ2n) is 9.69. The van der Waals surface area contributed by atoms with Crippen molar-refractivity contribution in [3.8, 4) is 0 Å². The molecule has 1 fully saturated rings. The Labute approximate surface area is 221 Å². The van der Waals surface area contributed by atoms with Crippen molar-refractivity contribution in [3.63, 3.8) is 0 Å². The fourth-order valence-electron chi connectivity index (χ4n) is 5.22. The van der Waals surface area contributed by atoms with Gasteiger partial charge in [-0.3, -0.25) is 9.59 Å². The Morgan fingerprint density at radius 2 is 1.81 bits per heavy atom. The van der Waals surface area contributed by atoms with Crippen molar-refractivity contribution in [1.82, 2.24) is 10.3 Å². The highest BCUT2D eigenvalue weighted by Crippen LogP contribution is 2.32. The van der Waals surface area contributed by atoms with E-state index in [0.29, 0.717) is 18.5 Å². The summed E-state index contributed by atoms with van der Waals surface area (Å²) in [6.07, 6.45) is 5.21. The van der Waals surface area contributed by atoms with Crippen LogP contribution in [0.1, 0.15) is 71.5 Å². The second kappa shape index (κ2) is 11.9. The molecule has 1 saturated heterocycles. The first-order valence-electron chi connectivity index (χ1n) is 12.8. The number of carboxylic acids is 1. The number of halogens is 1. The van der Waals surface area contributed by atoms with Crippen LogP contribution in [0.3, 0.4) is 0 Å². The van der Waals surface area contributed by atoms with E-state index < -0.39 is 5.97 Å². The molecule has 2 aromatic carbocycles. The van der Waals surface area contributed by atoms with Crippen molar-refractivity contribution in [3.05, 3.63) is 69.2 Å². The topological polar surface area (TPSA) is 82.5 Å². The molecule has 2 heterocycles. The molecule has 0 radical (unpaired) electrons. The van der Waals surface area contributed by atoms with Crippen molar-refractivity contribution in [2.75, 3.05) is 24.5 Å². The molecule has 0 spiro atoms. The lowest BCUT2D eigenvalue weighted by atomic mass is 9.90. The summed E-state index contributed by atoms with van der Waals surface area (Å²) in [6, 6.07) is 13.9. The number of fused-ring (bicyclic) bond motifs is 1. The Kier molecular flexibility index (Phi) is 8.62. The van der Waals surface area contributed by atoms with Crippen molar-refractivity contribution in [1.29, 1.82) is 0 Å². The van der Waals surface area contributed by atoms with Crippen LogP contribution < -0.4 is 10.2 Å². The molecule has 36 heavy (non-hydrogen) atoms. The number of rotatable bonds is 8. The van der Waals surface area contributed by atoms with E-state index in [0.717, 1.165) is 63.8 Å². The number of aryl methyl sites for hydroxylation is 1. The van der Waals surface area contributed by atoms with E-state index in [4.69, 9.17) is 4.98 Å². The van der Waals surface area contributed by atoms with Gasteiger partial charge in [-0.1, -0.05) is 53.0 Å². The first kappa shape index (κ1) is 26.1. The SMILES string of the molecule is Cc1ccccc1C(CCC(=O)O)CNC(=O)c1c(C)c(N2CCCCCC2)nc2ccc(Br)cc12. The number of aliphatic carboxylic acids is 1.